The van der Waals surface area contributed by atoms with Crippen molar-refractivity contribution in [3.05, 3.63) is 23.1 Å². The van der Waals surface area contributed by atoms with Crippen molar-refractivity contribution in [2.75, 3.05) is 7.05 Å². The zero-order chi connectivity index (χ0) is 13.1. The van der Waals surface area contributed by atoms with Gasteiger partial charge in [0, 0.05) is 18.5 Å². The van der Waals surface area contributed by atoms with Gasteiger partial charge in [-0.05, 0) is 19.4 Å². The van der Waals surface area contributed by atoms with Crippen LogP contribution in [0.4, 0.5) is 0 Å². The van der Waals surface area contributed by atoms with E-state index in [1.54, 1.807) is 11.3 Å². The van der Waals surface area contributed by atoms with Crippen LogP contribution in [0.25, 0.3) is 10.7 Å². The lowest BCUT2D eigenvalue weighted by atomic mass is 10.1. The average molecular weight is 264 g/mol. The fraction of sp³-hybridized carbons (Fsp3) is 0.538. The minimum absolute atomic E-state index is 0.627. The molecule has 18 heavy (non-hydrogen) atoms. The van der Waals surface area contributed by atoms with Gasteiger partial charge in [0.05, 0.1) is 23.9 Å². The van der Waals surface area contributed by atoms with Crippen molar-refractivity contribution in [2.45, 2.75) is 26.8 Å². The molecular formula is C13H20N4S. The molecule has 0 saturated carbocycles. The number of aromatic nitrogens is 3. The maximum Gasteiger partial charge on any atom is 0.142 e. The lowest BCUT2D eigenvalue weighted by molar-refractivity contribution is 0.631. The molecule has 0 amide bonds. The Morgan fingerprint density at radius 2 is 2.22 bits per heavy atom. The summed E-state index contributed by atoms with van der Waals surface area (Å²) < 4.78 is 2.02. The molecule has 2 aromatic heterocycles. The molecule has 0 aromatic carbocycles. The van der Waals surface area contributed by atoms with Crippen LogP contribution in [0.15, 0.2) is 12.5 Å². The van der Waals surface area contributed by atoms with Gasteiger partial charge in [-0.1, -0.05) is 13.8 Å². The summed E-state index contributed by atoms with van der Waals surface area (Å²) in [5.74, 6) is 0.627. The van der Waals surface area contributed by atoms with E-state index in [0.717, 1.165) is 23.7 Å². The van der Waals surface area contributed by atoms with Gasteiger partial charge in [-0.2, -0.15) is 0 Å². The van der Waals surface area contributed by atoms with Gasteiger partial charge in [-0.15, -0.1) is 11.3 Å². The van der Waals surface area contributed by atoms with Crippen molar-refractivity contribution >= 4 is 11.3 Å². The average Bonchev–Trinajstić information content (AvgIpc) is 2.86. The second kappa shape index (κ2) is 5.63. The SMILES string of the molecule is CNCc1sc(-c2cncn2C)nc1CC(C)C. The normalized spacial score (nSPS) is 11.4. The van der Waals surface area contributed by atoms with E-state index < -0.39 is 0 Å². The van der Waals surface area contributed by atoms with Gasteiger partial charge in [-0.3, -0.25) is 0 Å². The van der Waals surface area contributed by atoms with E-state index in [1.165, 1.54) is 10.6 Å². The molecule has 1 N–H and O–H groups in total. The molecule has 0 saturated heterocycles. The number of thiazole rings is 1. The van der Waals surface area contributed by atoms with E-state index in [1.807, 2.05) is 31.2 Å². The molecule has 2 rings (SSSR count). The largest absolute Gasteiger partial charge is 0.332 e. The van der Waals surface area contributed by atoms with Crippen molar-refractivity contribution < 1.29 is 0 Å². The first-order valence-corrected chi connectivity index (χ1v) is 7.03. The first-order chi connectivity index (χ1) is 8.61. The van der Waals surface area contributed by atoms with E-state index in [4.69, 9.17) is 4.98 Å². The number of hydrogen-bond donors (Lipinski definition) is 1. The van der Waals surface area contributed by atoms with Gasteiger partial charge < -0.3 is 9.88 Å². The minimum atomic E-state index is 0.627. The summed E-state index contributed by atoms with van der Waals surface area (Å²) >= 11 is 1.76. The zero-order valence-corrected chi connectivity index (χ0v) is 12.2. The third-order valence-corrected chi connectivity index (χ3v) is 3.87. The first kappa shape index (κ1) is 13.2. The van der Waals surface area contributed by atoms with Gasteiger partial charge in [0.25, 0.3) is 0 Å². The monoisotopic (exact) mass is 264 g/mol. The molecular weight excluding hydrogens is 244 g/mol. The highest BCUT2D eigenvalue weighted by Gasteiger charge is 2.14. The molecule has 0 bridgehead atoms. The Kier molecular flexibility index (Phi) is 4.14. The Morgan fingerprint density at radius 3 is 2.78 bits per heavy atom. The van der Waals surface area contributed by atoms with Crippen LogP contribution in [-0.4, -0.2) is 21.6 Å². The number of imidazole rings is 1. The summed E-state index contributed by atoms with van der Waals surface area (Å²) in [5.41, 5.74) is 2.31. The topological polar surface area (TPSA) is 42.7 Å². The fourth-order valence-corrected chi connectivity index (χ4v) is 3.05. The molecule has 2 heterocycles. The van der Waals surface area contributed by atoms with Crippen molar-refractivity contribution in [1.82, 2.24) is 19.9 Å². The van der Waals surface area contributed by atoms with Crippen LogP contribution in [0.2, 0.25) is 0 Å². The molecule has 4 nitrogen and oxygen atoms in total. The highest BCUT2D eigenvalue weighted by Crippen LogP contribution is 2.28. The third-order valence-electron chi connectivity index (χ3n) is 2.75. The Hall–Kier alpha value is -1.20. The lowest BCUT2D eigenvalue weighted by Gasteiger charge is -2.03. The van der Waals surface area contributed by atoms with Crippen molar-refractivity contribution in [3.63, 3.8) is 0 Å². The number of aryl methyl sites for hydroxylation is 1. The summed E-state index contributed by atoms with van der Waals surface area (Å²) in [6, 6.07) is 0. The number of hydrogen-bond acceptors (Lipinski definition) is 4. The van der Waals surface area contributed by atoms with E-state index in [2.05, 4.69) is 24.1 Å². The third kappa shape index (κ3) is 2.79. The van der Waals surface area contributed by atoms with Gasteiger partial charge >= 0.3 is 0 Å². The lowest BCUT2D eigenvalue weighted by Crippen LogP contribution is -2.07. The van der Waals surface area contributed by atoms with E-state index >= 15 is 0 Å². The van der Waals surface area contributed by atoms with Crippen LogP contribution in [0.5, 0.6) is 0 Å². The summed E-state index contributed by atoms with van der Waals surface area (Å²) in [6.07, 6.45) is 4.73. The van der Waals surface area contributed by atoms with Gasteiger partial charge in [0.15, 0.2) is 0 Å². The quantitative estimate of drug-likeness (QED) is 0.902. The Morgan fingerprint density at radius 1 is 1.44 bits per heavy atom. The molecule has 0 unspecified atom stereocenters. The maximum absolute atomic E-state index is 4.79. The summed E-state index contributed by atoms with van der Waals surface area (Å²) in [7, 11) is 3.98. The second-order valence-electron chi connectivity index (χ2n) is 4.91. The molecule has 0 spiro atoms. The molecule has 2 aromatic rings. The van der Waals surface area contributed by atoms with Crippen molar-refractivity contribution in [3.8, 4) is 10.7 Å². The molecule has 0 fully saturated rings. The highest BCUT2D eigenvalue weighted by molar-refractivity contribution is 7.15. The van der Waals surface area contributed by atoms with E-state index in [9.17, 15) is 0 Å². The molecule has 0 radical (unpaired) electrons. The first-order valence-electron chi connectivity index (χ1n) is 6.21. The molecule has 0 aliphatic heterocycles. The van der Waals surface area contributed by atoms with Crippen LogP contribution in [0.3, 0.4) is 0 Å². The van der Waals surface area contributed by atoms with Crippen molar-refractivity contribution in [2.24, 2.45) is 13.0 Å². The maximum atomic E-state index is 4.79. The van der Waals surface area contributed by atoms with Crippen LogP contribution in [0, 0.1) is 5.92 Å². The van der Waals surface area contributed by atoms with Crippen LogP contribution in [0.1, 0.15) is 24.4 Å². The number of nitrogens with one attached hydrogen (secondary N) is 1. The fourth-order valence-electron chi connectivity index (χ4n) is 1.90. The van der Waals surface area contributed by atoms with E-state index in [-0.39, 0.29) is 0 Å². The van der Waals surface area contributed by atoms with Gasteiger partial charge in [0.1, 0.15) is 5.01 Å². The van der Waals surface area contributed by atoms with E-state index in [0.29, 0.717) is 5.92 Å². The summed E-state index contributed by atoms with van der Waals surface area (Å²) in [5, 5.41) is 4.28. The molecule has 0 aliphatic carbocycles. The van der Waals surface area contributed by atoms with Crippen molar-refractivity contribution in [1.29, 1.82) is 0 Å². The number of rotatable bonds is 5. The smallest absolute Gasteiger partial charge is 0.142 e. The Balaban J connectivity index is 2.35. The predicted octanol–water partition coefficient (Wildman–Crippen LogP) is 2.46. The molecule has 98 valence electrons. The second-order valence-corrected chi connectivity index (χ2v) is 5.99. The zero-order valence-electron chi connectivity index (χ0n) is 11.4. The van der Waals surface area contributed by atoms with Crippen LogP contribution >= 0.6 is 11.3 Å². The standard InChI is InChI=1S/C13H20N4S/c1-9(2)5-10-12(7-14-3)18-13(16-10)11-6-15-8-17(11)4/h6,8-9,14H,5,7H2,1-4H3. The molecule has 0 aliphatic rings. The van der Waals surface area contributed by atoms with Gasteiger partial charge in [0.2, 0.25) is 0 Å². The number of nitrogens with zero attached hydrogens (tertiary/aromatic N) is 3. The van der Waals surface area contributed by atoms with Crippen LogP contribution < -0.4 is 5.32 Å². The highest BCUT2D eigenvalue weighted by atomic mass is 32.1. The van der Waals surface area contributed by atoms with Gasteiger partial charge in [-0.25, -0.2) is 9.97 Å². The predicted molar refractivity (Wildman–Crippen MR) is 75.6 cm³/mol. The minimum Gasteiger partial charge on any atom is -0.332 e. The summed E-state index contributed by atoms with van der Waals surface area (Å²) in [6.45, 7) is 5.34. The Bertz CT molecular complexity index is 513. The van der Waals surface area contributed by atoms with Crippen LogP contribution in [-0.2, 0) is 20.0 Å². The Labute approximate surface area is 112 Å². The summed E-state index contributed by atoms with van der Waals surface area (Å²) in [4.78, 5) is 10.3. The molecule has 0 atom stereocenters. The molecule has 5 heteroatoms.